The quantitative estimate of drug-likeness (QED) is 0.664. The molecule has 3 heteroatoms. The largest absolute Gasteiger partial charge is 0.487 e. The average molecular weight is 178 g/mol. The summed E-state index contributed by atoms with van der Waals surface area (Å²) in [5.41, 5.74) is 6.47. The number of hydrogen-bond donors (Lipinski definition) is 2. The molecule has 3 nitrogen and oxygen atoms in total. The van der Waals surface area contributed by atoms with E-state index in [-0.39, 0.29) is 6.10 Å². The fourth-order valence-electron chi connectivity index (χ4n) is 1.50. The van der Waals surface area contributed by atoms with Gasteiger partial charge in [0.1, 0.15) is 11.9 Å². The van der Waals surface area contributed by atoms with Gasteiger partial charge >= 0.3 is 0 Å². The van der Waals surface area contributed by atoms with Crippen LogP contribution in [0, 0.1) is 0 Å². The molecule has 1 aliphatic rings. The predicted molar refractivity (Wildman–Crippen MR) is 52.8 cm³/mol. The molecule has 1 atom stereocenters. The van der Waals surface area contributed by atoms with Crippen LogP contribution in [0.5, 0.6) is 5.75 Å². The van der Waals surface area contributed by atoms with Crippen LogP contribution >= 0.6 is 0 Å². The fourth-order valence-corrected chi connectivity index (χ4v) is 1.50. The molecular formula is C10H14N2O. The molecule has 0 amide bonds. The van der Waals surface area contributed by atoms with Crippen LogP contribution in [0.25, 0.3) is 0 Å². The van der Waals surface area contributed by atoms with E-state index in [0.717, 1.165) is 30.9 Å². The van der Waals surface area contributed by atoms with Gasteiger partial charge in [0.05, 0.1) is 5.69 Å². The fraction of sp³-hybridized carbons (Fsp3) is 0.400. The number of nitrogens with one attached hydrogen (secondary N) is 1. The van der Waals surface area contributed by atoms with Gasteiger partial charge in [-0.3, -0.25) is 0 Å². The Morgan fingerprint density at radius 1 is 1.38 bits per heavy atom. The molecule has 70 valence electrons. The number of ether oxygens (including phenoxy) is 1. The molecule has 1 aliphatic heterocycles. The van der Waals surface area contributed by atoms with Crippen LogP contribution in [-0.4, -0.2) is 19.2 Å². The minimum Gasteiger partial charge on any atom is -0.487 e. The van der Waals surface area contributed by atoms with Crippen molar-refractivity contribution in [3.8, 4) is 5.75 Å². The van der Waals surface area contributed by atoms with Gasteiger partial charge in [0.25, 0.3) is 0 Å². The van der Waals surface area contributed by atoms with E-state index >= 15 is 0 Å². The Balaban J connectivity index is 2.04. The number of para-hydroxylation sites is 2. The van der Waals surface area contributed by atoms with Crippen LogP contribution in [0.2, 0.25) is 0 Å². The molecule has 1 aromatic rings. The van der Waals surface area contributed by atoms with Crippen molar-refractivity contribution in [2.24, 2.45) is 0 Å². The zero-order valence-corrected chi connectivity index (χ0v) is 7.49. The zero-order valence-electron chi connectivity index (χ0n) is 7.49. The van der Waals surface area contributed by atoms with Gasteiger partial charge in [-0.05, 0) is 25.1 Å². The number of rotatable bonds is 2. The lowest BCUT2D eigenvalue weighted by molar-refractivity contribution is 0.224. The Labute approximate surface area is 77.9 Å². The van der Waals surface area contributed by atoms with E-state index < -0.39 is 0 Å². The summed E-state index contributed by atoms with van der Waals surface area (Å²) < 4.78 is 5.72. The Kier molecular flexibility index (Phi) is 2.36. The summed E-state index contributed by atoms with van der Waals surface area (Å²) in [5.74, 6) is 0.802. The molecule has 1 heterocycles. The van der Waals surface area contributed by atoms with Gasteiger partial charge in [0, 0.05) is 6.54 Å². The van der Waals surface area contributed by atoms with Gasteiger partial charge < -0.3 is 15.8 Å². The molecule has 0 saturated carbocycles. The standard InChI is InChI=1S/C10H14N2O/c11-9-3-1-2-4-10(9)13-8-5-6-12-7-8/h1-4,8,12H,5-7,11H2. The molecule has 1 fully saturated rings. The molecule has 1 aromatic carbocycles. The maximum atomic E-state index is 5.75. The van der Waals surface area contributed by atoms with E-state index in [1.54, 1.807) is 0 Å². The zero-order chi connectivity index (χ0) is 9.10. The topological polar surface area (TPSA) is 47.3 Å². The van der Waals surface area contributed by atoms with Crippen LogP contribution in [0.15, 0.2) is 24.3 Å². The second-order valence-corrected chi connectivity index (χ2v) is 3.27. The molecule has 13 heavy (non-hydrogen) atoms. The molecule has 3 N–H and O–H groups in total. The summed E-state index contributed by atoms with van der Waals surface area (Å²) in [6.07, 6.45) is 1.35. The van der Waals surface area contributed by atoms with Crippen LogP contribution in [-0.2, 0) is 0 Å². The molecule has 0 spiro atoms. The minimum absolute atomic E-state index is 0.282. The first kappa shape index (κ1) is 8.38. The van der Waals surface area contributed by atoms with Crippen molar-refractivity contribution in [1.29, 1.82) is 0 Å². The van der Waals surface area contributed by atoms with Gasteiger partial charge in [-0.2, -0.15) is 0 Å². The van der Waals surface area contributed by atoms with Gasteiger partial charge in [0.2, 0.25) is 0 Å². The average Bonchev–Trinajstić information content (AvgIpc) is 2.61. The Hall–Kier alpha value is -1.22. The van der Waals surface area contributed by atoms with E-state index in [1.165, 1.54) is 0 Å². The third-order valence-corrected chi connectivity index (χ3v) is 2.23. The van der Waals surface area contributed by atoms with Gasteiger partial charge in [0.15, 0.2) is 0 Å². The lowest BCUT2D eigenvalue weighted by Gasteiger charge is -2.13. The lowest BCUT2D eigenvalue weighted by atomic mass is 10.3. The molecule has 1 saturated heterocycles. The van der Waals surface area contributed by atoms with Crippen molar-refractivity contribution in [2.75, 3.05) is 18.8 Å². The normalized spacial score (nSPS) is 21.7. The maximum absolute atomic E-state index is 5.75. The second kappa shape index (κ2) is 3.66. The van der Waals surface area contributed by atoms with E-state index in [0.29, 0.717) is 0 Å². The third kappa shape index (κ3) is 1.92. The third-order valence-electron chi connectivity index (χ3n) is 2.23. The number of benzene rings is 1. The van der Waals surface area contributed by atoms with Crippen molar-refractivity contribution in [3.05, 3.63) is 24.3 Å². The van der Waals surface area contributed by atoms with Crippen molar-refractivity contribution >= 4 is 5.69 Å². The maximum Gasteiger partial charge on any atom is 0.142 e. The van der Waals surface area contributed by atoms with Crippen LogP contribution in [0.4, 0.5) is 5.69 Å². The van der Waals surface area contributed by atoms with E-state index in [9.17, 15) is 0 Å². The van der Waals surface area contributed by atoms with Crippen molar-refractivity contribution in [2.45, 2.75) is 12.5 Å². The summed E-state index contributed by atoms with van der Waals surface area (Å²) >= 11 is 0. The molecule has 2 rings (SSSR count). The molecule has 0 aliphatic carbocycles. The summed E-state index contributed by atoms with van der Waals surface area (Å²) in [7, 11) is 0. The van der Waals surface area contributed by atoms with E-state index in [2.05, 4.69) is 5.32 Å². The highest BCUT2D eigenvalue weighted by Gasteiger charge is 2.16. The summed E-state index contributed by atoms with van der Waals surface area (Å²) in [4.78, 5) is 0. The number of nitrogens with two attached hydrogens (primary N) is 1. The summed E-state index contributed by atoms with van der Waals surface area (Å²) in [5, 5.41) is 3.25. The smallest absolute Gasteiger partial charge is 0.142 e. The molecule has 1 unspecified atom stereocenters. The first-order valence-electron chi connectivity index (χ1n) is 4.58. The van der Waals surface area contributed by atoms with Gasteiger partial charge in [-0.25, -0.2) is 0 Å². The Morgan fingerprint density at radius 2 is 2.23 bits per heavy atom. The lowest BCUT2D eigenvalue weighted by Crippen LogP contribution is -2.19. The van der Waals surface area contributed by atoms with Crippen LogP contribution in [0.3, 0.4) is 0 Å². The Bertz CT molecular complexity index is 282. The van der Waals surface area contributed by atoms with Crippen LogP contribution in [0.1, 0.15) is 6.42 Å². The monoisotopic (exact) mass is 178 g/mol. The summed E-state index contributed by atoms with van der Waals surface area (Å²) in [6, 6.07) is 7.62. The highest BCUT2D eigenvalue weighted by molar-refractivity contribution is 5.51. The van der Waals surface area contributed by atoms with Crippen LogP contribution < -0.4 is 15.8 Å². The van der Waals surface area contributed by atoms with Crippen molar-refractivity contribution < 1.29 is 4.74 Å². The first-order valence-corrected chi connectivity index (χ1v) is 4.58. The minimum atomic E-state index is 0.282. The van der Waals surface area contributed by atoms with Crippen molar-refractivity contribution in [3.63, 3.8) is 0 Å². The molecule has 0 aromatic heterocycles. The van der Waals surface area contributed by atoms with Gasteiger partial charge in [-0.1, -0.05) is 12.1 Å². The highest BCUT2D eigenvalue weighted by Crippen LogP contribution is 2.22. The van der Waals surface area contributed by atoms with Gasteiger partial charge in [-0.15, -0.1) is 0 Å². The second-order valence-electron chi connectivity index (χ2n) is 3.27. The number of nitrogen functional groups attached to an aromatic ring is 1. The first-order chi connectivity index (χ1) is 6.36. The van der Waals surface area contributed by atoms with E-state index in [1.807, 2.05) is 24.3 Å². The number of anilines is 1. The van der Waals surface area contributed by atoms with Crippen molar-refractivity contribution in [1.82, 2.24) is 5.32 Å². The molecule has 0 bridgehead atoms. The van der Waals surface area contributed by atoms with E-state index in [4.69, 9.17) is 10.5 Å². The molecular weight excluding hydrogens is 164 g/mol. The molecule has 0 radical (unpaired) electrons. The SMILES string of the molecule is Nc1ccccc1OC1CCNC1. The predicted octanol–water partition coefficient (Wildman–Crippen LogP) is 1.01. The Morgan fingerprint density at radius 3 is 2.92 bits per heavy atom. The summed E-state index contributed by atoms with van der Waals surface area (Å²) in [6.45, 7) is 1.96. The highest BCUT2D eigenvalue weighted by atomic mass is 16.5. The number of hydrogen-bond acceptors (Lipinski definition) is 3.